The molecule has 0 radical (unpaired) electrons. The second kappa shape index (κ2) is 8.14. The SMILES string of the molecule is CC1(C)CC(c2ccccc2)c2ccc(OCC(O)CN3CCCC3)cc2O1. The van der Waals surface area contributed by atoms with Crippen LogP contribution in [0.15, 0.2) is 48.5 Å². The third-order valence-corrected chi connectivity index (χ3v) is 5.75. The topological polar surface area (TPSA) is 41.9 Å². The maximum atomic E-state index is 10.3. The minimum absolute atomic E-state index is 0.235. The number of ether oxygens (including phenoxy) is 2. The van der Waals surface area contributed by atoms with Gasteiger partial charge in [-0.1, -0.05) is 36.4 Å². The van der Waals surface area contributed by atoms with Crippen LogP contribution in [0.5, 0.6) is 11.5 Å². The van der Waals surface area contributed by atoms with Crippen LogP contribution in [-0.4, -0.2) is 48.0 Å². The number of likely N-dealkylation sites (tertiary alicyclic amines) is 1. The molecule has 0 aromatic heterocycles. The van der Waals surface area contributed by atoms with E-state index in [-0.39, 0.29) is 5.60 Å². The van der Waals surface area contributed by atoms with Crippen molar-refractivity contribution in [1.29, 1.82) is 0 Å². The number of β-amino-alcohol motifs (C(OH)–C–C–N with tert-alkyl or cyclic N) is 1. The molecule has 1 fully saturated rings. The Morgan fingerprint density at radius 1 is 1.14 bits per heavy atom. The number of hydrogen-bond donors (Lipinski definition) is 1. The van der Waals surface area contributed by atoms with Crippen molar-refractivity contribution in [2.75, 3.05) is 26.2 Å². The van der Waals surface area contributed by atoms with Gasteiger partial charge in [0, 0.05) is 24.1 Å². The molecular formula is C24H31NO3. The Morgan fingerprint density at radius 2 is 1.89 bits per heavy atom. The van der Waals surface area contributed by atoms with E-state index in [2.05, 4.69) is 55.1 Å². The molecule has 2 aromatic rings. The largest absolute Gasteiger partial charge is 0.491 e. The monoisotopic (exact) mass is 381 g/mol. The summed E-state index contributed by atoms with van der Waals surface area (Å²) in [5.41, 5.74) is 2.28. The van der Waals surface area contributed by atoms with Crippen LogP contribution in [0, 0.1) is 0 Å². The molecule has 2 aliphatic rings. The highest BCUT2D eigenvalue weighted by molar-refractivity contribution is 5.48. The van der Waals surface area contributed by atoms with Gasteiger partial charge in [-0.05, 0) is 57.8 Å². The average molecular weight is 382 g/mol. The summed E-state index contributed by atoms with van der Waals surface area (Å²) in [5, 5.41) is 10.3. The summed E-state index contributed by atoms with van der Waals surface area (Å²) in [5.74, 6) is 1.95. The summed E-state index contributed by atoms with van der Waals surface area (Å²) in [7, 11) is 0. The van der Waals surface area contributed by atoms with Gasteiger partial charge in [-0.2, -0.15) is 0 Å². The van der Waals surface area contributed by atoms with Crippen molar-refractivity contribution in [1.82, 2.24) is 4.90 Å². The molecule has 0 aliphatic carbocycles. The van der Waals surface area contributed by atoms with Gasteiger partial charge in [-0.25, -0.2) is 0 Å². The molecule has 4 heteroatoms. The van der Waals surface area contributed by atoms with Gasteiger partial charge in [0.15, 0.2) is 0 Å². The molecule has 2 heterocycles. The zero-order valence-corrected chi connectivity index (χ0v) is 16.9. The predicted octanol–water partition coefficient (Wildman–Crippen LogP) is 4.22. The van der Waals surface area contributed by atoms with E-state index in [1.807, 2.05) is 12.1 Å². The van der Waals surface area contributed by atoms with Crippen LogP contribution in [0.3, 0.4) is 0 Å². The van der Waals surface area contributed by atoms with Gasteiger partial charge in [-0.15, -0.1) is 0 Å². The van der Waals surface area contributed by atoms with E-state index in [0.29, 0.717) is 19.1 Å². The summed E-state index contributed by atoms with van der Waals surface area (Å²) in [6.45, 7) is 7.43. The fourth-order valence-corrected chi connectivity index (χ4v) is 4.41. The summed E-state index contributed by atoms with van der Waals surface area (Å²) in [6.07, 6.45) is 2.93. The summed E-state index contributed by atoms with van der Waals surface area (Å²) >= 11 is 0. The van der Waals surface area contributed by atoms with Crippen LogP contribution < -0.4 is 9.47 Å². The Morgan fingerprint density at radius 3 is 2.64 bits per heavy atom. The Bertz CT molecular complexity index is 784. The maximum absolute atomic E-state index is 10.3. The lowest BCUT2D eigenvalue weighted by atomic mass is 9.80. The first-order valence-corrected chi connectivity index (χ1v) is 10.4. The number of fused-ring (bicyclic) bond motifs is 1. The van der Waals surface area contributed by atoms with Crippen LogP contribution in [-0.2, 0) is 0 Å². The number of aliphatic hydroxyl groups is 1. The quantitative estimate of drug-likeness (QED) is 0.814. The van der Waals surface area contributed by atoms with E-state index in [4.69, 9.17) is 9.47 Å². The minimum atomic E-state index is -0.469. The van der Waals surface area contributed by atoms with Crippen molar-refractivity contribution in [3.63, 3.8) is 0 Å². The normalized spacial score (nSPS) is 22.3. The second-order valence-electron chi connectivity index (χ2n) is 8.70. The standard InChI is InChI=1S/C24H31NO3/c1-24(2)15-22(18-8-4-3-5-9-18)21-11-10-20(14-23(21)28-24)27-17-19(26)16-25-12-6-7-13-25/h3-5,8-11,14,19,22,26H,6-7,12-13,15-17H2,1-2H3. The molecule has 2 unspecified atom stereocenters. The molecule has 150 valence electrons. The number of hydrogen-bond acceptors (Lipinski definition) is 4. The first-order valence-electron chi connectivity index (χ1n) is 10.4. The highest BCUT2D eigenvalue weighted by atomic mass is 16.5. The van der Waals surface area contributed by atoms with Crippen molar-refractivity contribution in [2.45, 2.75) is 50.7 Å². The molecule has 0 amide bonds. The van der Waals surface area contributed by atoms with Crippen LogP contribution >= 0.6 is 0 Å². The Kier molecular flexibility index (Phi) is 5.61. The minimum Gasteiger partial charge on any atom is -0.491 e. The van der Waals surface area contributed by atoms with Crippen molar-refractivity contribution in [3.05, 3.63) is 59.7 Å². The molecule has 1 N–H and O–H groups in total. The van der Waals surface area contributed by atoms with Gasteiger partial charge in [-0.3, -0.25) is 0 Å². The van der Waals surface area contributed by atoms with Gasteiger partial charge < -0.3 is 19.5 Å². The van der Waals surface area contributed by atoms with Crippen molar-refractivity contribution in [2.24, 2.45) is 0 Å². The van der Waals surface area contributed by atoms with Gasteiger partial charge in [0.2, 0.25) is 0 Å². The van der Waals surface area contributed by atoms with Gasteiger partial charge >= 0.3 is 0 Å². The summed E-state index contributed by atoms with van der Waals surface area (Å²) < 4.78 is 12.2. The third kappa shape index (κ3) is 4.50. The maximum Gasteiger partial charge on any atom is 0.127 e. The van der Waals surface area contributed by atoms with Crippen molar-refractivity contribution in [3.8, 4) is 11.5 Å². The zero-order chi connectivity index (χ0) is 19.6. The van der Waals surface area contributed by atoms with Gasteiger partial charge in [0.1, 0.15) is 29.8 Å². The Hall–Kier alpha value is -2.04. The van der Waals surface area contributed by atoms with Gasteiger partial charge in [0.25, 0.3) is 0 Å². The summed E-state index contributed by atoms with van der Waals surface area (Å²) in [4.78, 5) is 2.30. The number of aliphatic hydroxyl groups excluding tert-OH is 1. The molecule has 2 aliphatic heterocycles. The van der Waals surface area contributed by atoms with E-state index < -0.39 is 6.10 Å². The average Bonchev–Trinajstić information content (AvgIpc) is 3.18. The van der Waals surface area contributed by atoms with E-state index in [1.54, 1.807) is 0 Å². The van der Waals surface area contributed by atoms with E-state index in [9.17, 15) is 5.11 Å². The third-order valence-electron chi connectivity index (χ3n) is 5.75. The molecule has 0 spiro atoms. The lowest BCUT2D eigenvalue weighted by Crippen LogP contribution is -2.35. The lowest BCUT2D eigenvalue weighted by Gasteiger charge is -2.38. The lowest BCUT2D eigenvalue weighted by molar-refractivity contribution is 0.0708. The molecule has 0 bridgehead atoms. The van der Waals surface area contributed by atoms with Crippen LogP contribution in [0.1, 0.15) is 50.2 Å². The molecule has 28 heavy (non-hydrogen) atoms. The highest BCUT2D eigenvalue weighted by Gasteiger charge is 2.34. The number of rotatable bonds is 6. The molecule has 2 atom stereocenters. The number of nitrogens with zero attached hydrogens (tertiary/aromatic N) is 1. The van der Waals surface area contributed by atoms with E-state index in [1.165, 1.54) is 24.0 Å². The van der Waals surface area contributed by atoms with Crippen LogP contribution in [0.25, 0.3) is 0 Å². The molecule has 0 saturated carbocycles. The first kappa shape index (κ1) is 19.3. The van der Waals surface area contributed by atoms with Crippen LogP contribution in [0.4, 0.5) is 0 Å². The smallest absolute Gasteiger partial charge is 0.127 e. The van der Waals surface area contributed by atoms with Crippen molar-refractivity contribution >= 4 is 0 Å². The van der Waals surface area contributed by atoms with Crippen LogP contribution in [0.2, 0.25) is 0 Å². The second-order valence-corrected chi connectivity index (χ2v) is 8.70. The van der Waals surface area contributed by atoms with Crippen molar-refractivity contribution < 1.29 is 14.6 Å². The molecule has 2 aromatic carbocycles. The number of benzene rings is 2. The molecule has 4 rings (SSSR count). The van der Waals surface area contributed by atoms with E-state index >= 15 is 0 Å². The first-order chi connectivity index (χ1) is 13.5. The zero-order valence-electron chi connectivity index (χ0n) is 16.9. The fraction of sp³-hybridized carbons (Fsp3) is 0.500. The van der Waals surface area contributed by atoms with Gasteiger partial charge in [0.05, 0.1) is 0 Å². The Labute approximate surface area is 168 Å². The van der Waals surface area contributed by atoms with E-state index in [0.717, 1.165) is 31.0 Å². The Balaban J connectivity index is 1.47. The molecular weight excluding hydrogens is 350 g/mol. The predicted molar refractivity (Wildman–Crippen MR) is 111 cm³/mol. The summed E-state index contributed by atoms with van der Waals surface area (Å²) in [6, 6.07) is 16.7. The molecule has 1 saturated heterocycles. The fourth-order valence-electron chi connectivity index (χ4n) is 4.41. The highest BCUT2D eigenvalue weighted by Crippen LogP contribution is 2.45. The molecule has 4 nitrogen and oxygen atoms in total.